The van der Waals surface area contributed by atoms with Gasteiger partial charge in [-0.15, -0.1) is 0 Å². The van der Waals surface area contributed by atoms with E-state index < -0.39 is 11.4 Å². The van der Waals surface area contributed by atoms with Crippen LogP contribution in [0.15, 0.2) is 30.3 Å². The van der Waals surface area contributed by atoms with E-state index in [-0.39, 0.29) is 6.04 Å². The zero-order valence-corrected chi connectivity index (χ0v) is 9.47. The van der Waals surface area contributed by atoms with Crippen LogP contribution in [0.3, 0.4) is 0 Å². The fourth-order valence-corrected chi connectivity index (χ4v) is 1.77. The molecule has 0 unspecified atom stereocenters. The van der Waals surface area contributed by atoms with Crippen molar-refractivity contribution in [3.63, 3.8) is 0 Å². The van der Waals surface area contributed by atoms with Crippen LogP contribution in [0.4, 0.5) is 0 Å². The van der Waals surface area contributed by atoms with Crippen molar-refractivity contribution in [3.8, 4) is 0 Å². The van der Waals surface area contributed by atoms with E-state index in [4.69, 9.17) is 4.84 Å². The number of hydroxylamine groups is 1. The monoisotopic (exact) mass is 223 g/mol. The lowest BCUT2D eigenvalue weighted by Gasteiger charge is -2.32. The van der Waals surface area contributed by atoms with Crippen molar-refractivity contribution in [1.29, 1.82) is 0 Å². The molecule has 0 saturated carbocycles. The van der Waals surface area contributed by atoms with E-state index in [1.807, 2.05) is 30.3 Å². The number of benzene rings is 1. The Morgan fingerprint density at radius 3 is 2.50 bits per heavy atom. The van der Waals surface area contributed by atoms with E-state index in [0.29, 0.717) is 6.42 Å². The first-order chi connectivity index (χ1) is 7.42. The summed E-state index contributed by atoms with van der Waals surface area (Å²) in [7, 11) is 0. The van der Waals surface area contributed by atoms with E-state index in [1.54, 1.807) is 0 Å². The summed E-state index contributed by atoms with van der Waals surface area (Å²) in [6.07, 6.45) is 0.320. The first-order valence-electron chi connectivity index (χ1n) is 5.36. The molecule has 1 aromatic rings. The Labute approximate surface area is 94.8 Å². The van der Waals surface area contributed by atoms with Crippen molar-refractivity contribution in [1.82, 2.24) is 5.48 Å². The van der Waals surface area contributed by atoms with Crippen molar-refractivity contribution < 1.29 is 15.1 Å². The molecule has 0 amide bonds. The fraction of sp³-hybridized carbons (Fsp3) is 0.500. The van der Waals surface area contributed by atoms with Gasteiger partial charge in [0.25, 0.3) is 0 Å². The lowest BCUT2D eigenvalue weighted by atomic mass is 9.90. The topological polar surface area (TPSA) is 61.7 Å². The van der Waals surface area contributed by atoms with Crippen LogP contribution in [0.5, 0.6) is 0 Å². The van der Waals surface area contributed by atoms with E-state index >= 15 is 0 Å². The van der Waals surface area contributed by atoms with Gasteiger partial charge in [0.1, 0.15) is 5.60 Å². The molecule has 3 N–H and O–H groups in total. The van der Waals surface area contributed by atoms with Gasteiger partial charge in [0, 0.05) is 6.42 Å². The third kappa shape index (κ3) is 1.97. The largest absolute Gasteiger partial charge is 0.385 e. The molecule has 16 heavy (non-hydrogen) atoms. The summed E-state index contributed by atoms with van der Waals surface area (Å²) in [6.45, 7) is 3.06. The molecule has 4 nitrogen and oxygen atoms in total. The lowest BCUT2D eigenvalue weighted by Crippen LogP contribution is -2.50. The lowest BCUT2D eigenvalue weighted by molar-refractivity contribution is -0.284. The fourth-order valence-electron chi connectivity index (χ4n) is 1.77. The Hall–Kier alpha value is -0.940. The summed E-state index contributed by atoms with van der Waals surface area (Å²) in [4.78, 5) is 5.13. The average Bonchev–Trinajstić information content (AvgIpc) is 2.63. The Morgan fingerprint density at radius 2 is 2.00 bits per heavy atom. The quantitative estimate of drug-likeness (QED) is 0.703. The van der Waals surface area contributed by atoms with Gasteiger partial charge in [-0.2, -0.15) is 5.48 Å². The second-order valence-corrected chi connectivity index (χ2v) is 4.73. The van der Waals surface area contributed by atoms with Gasteiger partial charge in [0.2, 0.25) is 5.79 Å². The van der Waals surface area contributed by atoms with Gasteiger partial charge in [-0.25, -0.2) is 0 Å². The Bertz CT molecular complexity index is 360. The van der Waals surface area contributed by atoms with E-state index in [1.165, 1.54) is 13.8 Å². The second-order valence-electron chi connectivity index (χ2n) is 4.73. The standard InChI is InChI=1S/C12H17NO3/c1-11(2,14)12(15)8-10(13-16-12)9-6-4-3-5-7-9/h3-7,10,13-15H,8H2,1-2H3/t10-,12+/m0/s1. The van der Waals surface area contributed by atoms with Gasteiger partial charge in [0.15, 0.2) is 0 Å². The minimum atomic E-state index is -1.55. The molecule has 0 spiro atoms. The van der Waals surface area contributed by atoms with Crippen molar-refractivity contribution in [3.05, 3.63) is 35.9 Å². The number of aliphatic hydroxyl groups is 2. The molecule has 1 aromatic carbocycles. The molecule has 2 rings (SSSR count). The maximum atomic E-state index is 10.1. The number of hydrogen-bond acceptors (Lipinski definition) is 4. The molecule has 88 valence electrons. The van der Waals surface area contributed by atoms with Crippen molar-refractivity contribution in [2.75, 3.05) is 0 Å². The van der Waals surface area contributed by atoms with E-state index in [9.17, 15) is 10.2 Å². The van der Waals surface area contributed by atoms with Gasteiger partial charge in [-0.05, 0) is 19.4 Å². The van der Waals surface area contributed by atoms with Crippen LogP contribution in [0, 0.1) is 0 Å². The highest BCUT2D eigenvalue weighted by Gasteiger charge is 2.50. The second kappa shape index (κ2) is 3.82. The van der Waals surface area contributed by atoms with Crippen LogP contribution >= 0.6 is 0 Å². The summed E-state index contributed by atoms with van der Waals surface area (Å²) in [5.41, 5.74) is 2.49. The van der Waals surface area contributed by atoms with Gasteiger partial charge < -0.3 is 10.2 Å². The summed E-state index contributed by atoms with van der Waals surface area (Å²) < 4.78 is 0. The van der Waals surface area contributed by atoms with Crippen molar-refractivity contribution >= 4 is 0 Å². The highest BCUT2D eigenvalue weighted by atomic mass is 16.8. The SMILES string of the molecule is CC(C)(O)[C@@]1(O)C[C@@H](c2ccccc2)NO1. The number of hydrogen-bond donors (Lipinski definition) is 3. The Kier molecular flexibility index (Phi) is 2.75. The predicted octanol–water partition coefficient (Wildman–Crippen LogP) is 1.11. The Balaban J connectivity index is 2.15. The third-order valence-electron chi connectivity index (χ3n) is 3.01. The molecular weight excluding hydrogens is 206 g/mol. The Morgan fingerprint density at radius 1 is 1.38 bits per heavy atom. The highest BCUT2D eigenvalue weighted by molar-refractivity contribution is 5.20. The third-order valence-corrected chi connectivity index (χ3v) is 3.01. The summed E-state index contributed by atoms with van der Waals surface area (Å²) in [5, 5.41) is 20.0. The zero-order chi connectivity index (χ0) is 11.8. The maximum Gasteiger partial charge on any atom is 0.215 e. The molecule has 2 atom stereocenters. The molecule has 0 aromatic heterocycles. The molecule has 1 aliphatic heterocycles. The molecule has 1 fully saturated rings. The van der Waals surface area contributed by atoms with Gasteiger partial charge in [0.05, 0.1) is 6.04 Å². The number of rotatable bonds is 2. The van der Waals surface area contributed by atoms with Crippen LogP contribution in [0.1, 0.15) is 31.9 Å². The van der Waals surface area contributed by atoms with Crippen LogP contribution in [-0.4, -0.2) is 21.6 Å². The minimum Gasteiger partial charge on any atom is -0.385 e. The average molecular weight is 223 g/mol. The summed E-state index contributed by atoms with van der Waals surface area (Å²) in [6, 6.07) is 9.60. The van der Waals surface area contributed by atoms with Crippen molar-refractivity contribution in [2.24, 2.45) is 0 Å². The van der Waals surface area contributed by atoms with Crippen molar-refractivity contribution in [2.45, 2.75) is 37.7 Å². The van der Waals surface area contributed by atoms with E-state index in [2.05, 4.69) is 5.48 Å². The smallest absolute Gasteiger partial charge is 0.215 e. The molecule has 1 saturated heterocycles. The first kappa shape index (κ1) is 11.5. The van der Waals surface area contributed by atoms with Crippen LogP contribution in [-0.2, 0) is 4.84 Å². The molecule has 1 aliphatic rings. The molecule has 4 heteroatoms. The van der Waals surface area contributed by atoms with Gasteiger partial charge in [-0.3, -0.25) is 4.84 Å². The van der Waals surface area contributed by atoms with Gasteiger partial charge >= 0.3 is 0 Å². The normalized spacial score (nSPS) is 30.6. The predicted molar refractivity (Wildman–Crippen MR) is 59.3 cm³/mol. The molecular formula is C12H17NO3. The summed E-state index contributed by atoms with van der Waals surface area (Å²) in [5.74, 6) is -1.55. The first-order valence-corrected chi connectivity index (χ1v) is 5.36. The van der Waals surface area contributed by atoms with Crippen LogP contribution < -0.4 is 5.48 Å². The maximum absolute atomic E-state index is 10.1. The molecule has 0 bridgehead atoms. The zero-order valence-electron chi connectivity index (χ0n) is 9.47. The molecule has 0 aliphatic carbocycles. The molecule has 1 heterocycles. The van der Waals surface area contributed by atoms with Gasteiger partial charge in [-0.1, -0.05) is 30.3 Å². The highest BCUT2D eigenvalue weighted by Crippen LogP contribution is 2.37. The summed E-state index contributed by atoms with van der Waals surface area (Å²) >= 11 is 0. The van der Waals surface area contributed by atoms with Crippen LogP contribution in [0.2, 0.25) is 0 Å². The van der Waals surface area contributed by atoms with Crippen LogP contribution in [0.25, 0.3) is 0 Å². The van der Waals surface area contributed by atoms with E-state index in [0.717, 1.165) is 5.56 Å². The number of nitrogens with one attached hydrogen (secondary N) is 1. The molecule has 0 radical (unpaired) electrons. The minimum absolute atomic E-state index is 0.0994.